The summed E-state index contributed by atoms with van der Waals surface area (Å²) in [7, 11) is 1.03. The van der Waals surface area contributed by atoms with Crippen molar-refractivity contribution in [1.82, 2.24) is 14.4 Å². The minimum Gasteiger partial charge on any atom is -0.493 e. The summed E-state index contributed by atoms with van der Waals surface area (Å²) in [5.74, 6) is 2.27. The third-order valence-electron chi connectivity index (χ3n) is 5.62. The standard InChI is InChI=1S/C22H24ClN3O6S/c1-29-18-12-15(13-19(30-2)20(18)31-3)21-24-22(32-25-21)14-8-10-26(11-9-14)33(27,28)17-6-4-16(23)5-7-17/h4-7,12-14H,8-11H2,1-3H3. The van der Waals surface area contributed by atoms with Crippen LogP contribution in [0.25, 0.3) is 11.4 Å². The normalized spacial score (nSPS) is 15.4. The first-order valence-electron chi connectivity index (χ1n) is 10.3. The van der Waals surface area contributed by atoms with Crippen LogP contribution < -0.4 is 14.2 Å². The molecule has 1 aliphatic heterocycles. The highest BCUT2D eigenvalue weighted by atomic mass is 35.5. The van der Waals surface area contributed by atoms with Gasteiger partial charge in [0, 0.05) is 29.6 Å². The number of piperidine rings is 1. The minimum atomic E-state index is -3.58. The predicted octanol–water partition coefficient (Wildman–Crippen LogP) is 3.98. The van der Waals surface area contributed by atoms with E-state index in [2.05, 4.69) is 10.1 Å². The SMILES string of the molecule is COc1cc(-c2noc(C3CCN(S(=O)(=O)c4ccc(Cl)cc4)CC3)n2)cc(OC)c1OC. The summed E-state index contributed by atoms with van der Waals surface area (Å²) in [5.41, 5.74) is 0.655. The Hall–Kier alpha value is -2.82. The average Bonchev–Trinajstić information content (AvgIpc) is 3.34. The summed E-state index contributed by atoms with van der Waals surface area (Å²) >= 11 is 5.88. The summed E-state index contributed by atoms with van der Waals surface area (Å²) < 4.78 is 48.9. The van der Waals surface area contributed by atoms with Gasteiger partial charge in [-0.2, -0.15) is 9.29 Å². The van der Waals surface area contributed by atoms with E-state index in [4.69, 9.17) is 30.3 Å². The topological polar surface area (TPSA) is 104 Å². The van der Waals surface area contributed by atoms with Crippen molar-refractivity contribution in [3.05, 3.63) is 47.3 Å². The van der Waals surface area contributed by atoms with Crippen LogP contribution in [0.1, 0.15) is 24.7 Å². The molecule has 0 bridgehead atoms. The fraction of sp³-hybridized carbons (Fsp3) is 0.364. The van der Waals surface area contributed by atoms with E-state index in [1.54, 1.807) is 24.3 Å². The lowest BCUT2D eigenvalue weighted by atomic mass is 9.98. The van der Waals surface area contributed by atoms with Gasteiger partial charge in [0.05, 0.1) is 26.2 Å². The molecule has 2 heterocycles. The molecule has 3 aromatic rings. The van der Waals surface area contributed by atoms with E-state index in [-0.39, 0.29) is 10.8 Å². The number of halogens is 1. The number of nitrogens with zero attached hydrogens (tertiary/aromatic N) is 3. The lowest BCUT2D eigenvalue weighted by Gasteiger charge is -2.29. The van der Waals surface area contributed by atoms with Crippen LogP contribution >= 0.6 is 11.6 Å². The van der Waals surface area contributed by atoms with Crippen LogP contribution in [0.15, 0.2) is 45.8 Å². The second-order valence-electron chi connectivity index (χ2n) is 7.50. The molecule has 0 radical (unpaired) electrons. The molecule has 0 atom stereocenters. The zero-order valence-corrected chi connectivity index (χ0v) is 20.0. The number of aromatic nitrogens is 2. The third-order valence-corrected chi connectivity index (χ3v) is 7.78. The van der Waals surface area contributed by atoms with E-state index in [1.165, 1.54) is 37.8 Å². The Morgan fingerprint density at radius 2 is 1.61 bits per heavy atom. The molecule has 1 saturated heterocycles. The van der Waals surface area contributed by atoms with Gasteiger partial charge < -0.3 is 18.7 Å². The van der Waals surface area contributed by atoms with Crippen molar-refractivity contribution in [2.45, 2.75) is 23.7 Å². The van der Waals surface area contributed by atoms with Gasteiger partial charge in [-0.1, -0.05) is 16.8 Å². The molecule has 1 aliphatic rings. The Bertz CT molecular complexity index is 1200. The van der Waals surface area contributed by atoms with Crippen LogP contribution in [0, 0.1) is 0 Å². The molecule has 0 aliphatic carbocycles. The van der Waals surface area contributed by atoms with Gasteiger partial charge in [-0.25, -0.2) is 8.42 Å². The maximum absolute atomic E-state index is 12.9. The third kappa shape index (κ3) is 4.64. The van der Waals surface area contributed by atoms with Crippen molar-refractivity contribution in [3.8, 4) is 28.6 Å². The van der Waals surface area contributed by atoms with Crippen LogP contribution in [0.5, 0.6) is 17.2 Å². The van der Waals surface area contributed by atoms with Crippen LogP contribution in [-0.4, -0.2) is 57.3 Å². The lowest BCUT2D eigenvalue weighted by Crippen LogP contribution is -2.37. The molecular weight excluding hydrogens is 470 g/mol. The second kappa shape index (κ2) is 9.58. The molecule has 0 N–H and O–H groups in total. The van der Waals surface area contributed by atoms with Crippen LogP contribution in [0.4, 0.5) is 0 Å². The van der Waals surface area contributed by atoms with E-state index in [9.17, 15) is 8.42 Å². The molecule has 11 heteroatoms. The van der Waals surface area contributed by atoms with Gasteiger partial charge in [-0.3, -0.25) is 0 Å². The van der Waals surface area contributed by atoms with Crippen molar-refractivity contribution < 1.29 is 27.2 Å². The molecule has 0 spiro atoms. The number of hydrogen-bond acceptors (Lipinski definition) is 8. The van der Waals surface area contributed by atoms with E-state index in [0.29, 0.717) is 65.5 Å². The van der Waals surface area contributed by atoms with Crippen molar-refractivity contribution in [1.29, 1.82) is 0 Å². The van der Waals surface area contributed by atoms with E-state index < -0.39 is 10.0 Å². The summed E-state index contributed by atoms with van der Waals surface area (Å²) in [6, 6.07) is 9.68. The molecule has 4 rings (SSSR count). The first kappa shape index (κ1) is 23.3. The molecule has 9 nitrogen and oxygen atoms in total. The van der Waals surface area contributed by atoms with E-state index in [1.807, 2.05) is 0 Å². The fourth-order valence-corrected chi connectivity index (χ4v) is 5.42. The molecule has 176 valence electrons. The predicted molar refractivity (Wildman–Crippen MR) is 122 cm³/mol. The number of hydrogen-bond donors (Lipinski definition) is 0. The van der Waals surface area contributed by atoms with Gasteiger partial charge in [0.2, 0.25) is 27.5 Å². The number of benzene rings is 2. The Labute approximate surface area is 197 Å². The maximum Gasteiger partial charge on any atom is 0.243 e. The second-order valence-corrected chi connectivity index (χ2v) is 9.88. The molecule has 33 heavy (non-hydrogen) atoms. The van der Waals surface area contributed by atoms with Gasteiger partial charge in [0.15, 0.2) is 11.5 Å². The maximum atomic E-state index is 12.9. The van der Waals surface area contributed by atoms with Gasteiger partial charge in [0.25, 0.3) is 0 Å². The molecule has 0 unspecified atom stereocenters. The number of sulfonamides is 1. The monoisotopic (exact) mass is 493 g/mol. The molecule has 0 saturated carbocycles. The zero-order valence-electron chi connectivity index (χ0n) is 18.4. The molecular formula is C22H24ClN3O6S. The summed E-state index contributed by atoms with van der Waals surface area (Å²) in [5, 5.41) is 4.60. The highest BCUT2D eigenvalue weighted by Crippen LogP contribution is 2.41. The Kier molecular flexibility index (Phi) is 6.78. The van der Waals surface area contributed by atoms with Gasteiger partial charge in [-0.15, -0.1) is 0 Å². The fourth-order valence-electron chi connectivity index (χ4n) is 3.83. The molecule has 1 aromatic heterocycles. The largest absolute Gasteiger partial charge is 0.493 e. The Balaban J connectivity index is 1.49. The number of ether oxygens (including phenoxy) is 3. The van der Waals surface area contributed by atoms with Crippen LogP contribution in [-0.2, 0) is 10.0 Å². The highest BCUT2D eigenvalue weighted by molar-refractivity contribution is 7.89. The number of methoxy groups -OCH3 is 3. The van der Waals surface area contributed by atoms with Gasteiger partial charge >= 0.3 is 0 Å². The Morgan fingerprint density at radius 3 is 2.15 bits per heavy atom. The van der Waals surface area contributed by atoms with Crippen molar-refractivity contribution in [2.75, 3.05) is 34.4 Å². The smallest absolute Gasteiger partial charge is 0.243 e. The minimum absolute atomic E-state index is 0.0371. The first-order valence-corrected chi connectivity index (χ1v) is 12.1. The highest BCUT2D eigenvalue weighted by Gasteiger charge is 2.32. The van der Waals surface area contributed by atoms with Crippen molar-refractivity contribution >= 4 is 21.6 Å². The Morgan fingerprint density at radius 1 is 1.00 bits per heavy atom. The number of rotatable bonds is 7. The summed E-state index contributed by atoms with van der Waals surface area (Å²) in [4.78, 5) is 4.78. The molecule has 1 fully saturated rings. The summed E-state index contributed by atoms with van der Waals surface area (Å²) in [6.07, 6.45) is 1.15. The quantitative estimate of drug-likeness (QED) is 0.486. The van der Waals surface area contributed by atoms with Crippen molar-refractivity contribution in [3.63, 3.8) is 0 Å². The van der Waals surface area contributed by atoms with Crippen LogP contribution in [0.2, 0.25) is 5.02 Å². The average molecular weight is 494 g/mol. The lowest BCUT2D eigenvalue weighted by molar-refractivity contribution is 0.271. The molecule has 2 aromatic carbocycles. The molecule has 0 amide bonds. The first-order chi connectivity index (χ1) is 15.9. The summed E-state index contributed by atoms with van der Waals surface area (Å²) in [6.45, 7) is 0.717. The van der Waals surface area contributed by atoms with E-state index >= 15 is 0 Å². The van der Waals surface area contributed by atoms with Gasteiger partial charge in [0.1, 0.15) is 0 Å². The van der Waals surface area contributed by atoms with E-state index in [0.717, 1.165) is 0 Å². The van der Waals surface area contributed by atoms with Crippen molar-refractivity contribution in [2.24, 2.45) is 0 Å². The van der Waals surface area contributed by atoms with Crippen LogP contribution in [0.3, 0.4) is 0 Å². The van der Waals surface area contributed by atoms with Gasteiger partial charge in [-0.05, 0) is 49.2 Å². The zero-order chi connectivity index (χ0) is 23.6.